The quantitative estimate of drug-likeness (QED) is 0.889. The van der Waals surface area contributed by atoms with Gasteiger partial charge in [-0.2, -0.15) is 5.26 Å². The zero-order valence-corrected chi connectivity index (χ0v) is 11.2. The topological polar surface area (TPSA) is 65.3 Å². The first-order chi connectivity index (χ1) is 9.64. The third-order valence-corrected chi connectivity index (χ3v) is 3.61. The largest absolute Gasteiger partial charge is 0.508 e. The lowest BCUT2D eigenvalue weighted by Crippen LogP contribution is -2.35. The van der Waals surface area contributed by atoms with Gasteiger partial charge in [-0.15, -0.1) is 0 Å². The van der Waals surface area contributed by atoms with Crippen LogP contribution in [0, 0.1) is 11.3 Å². The molecule has 1 heterocycles. The summed E-state index contributed by atoms with van der Waals surface area (Å²) in [4.78, 5) is 0. The molecule has 0 saturated heterocycles. The van der Waals surface area contributed by atoms with Crippen LogP contribution in [-0.2, 0) is 5.54 Å². The SMILES string of the molecule is N#CC1(Nc2ccccc2Cl)COc2cc(O)ccc21. The van der Waals surface area contributed by atoms with Crippen molar-refractivity contribution in [2.45, 2.75) is 5.54 Å². The summed E-state index contributed by atoms with van der Waals surface area (Å²) in [7, 11) is 0. The van der Waals surface area contributed by atoms with Gasteiger partial charge in [0, 0.05) is 11.6 Å². The maximum Gasteiger partial charge on any atom is 0.189 e. The van der Waals surface area contributed by atoms with Gasteiger partial charge in [-0.05, 0) is 24.3 Å². The Labute approximate surface area is 121 Å². The molecule has 1 unspecified atom stereocenters. The van der Waals surface area contributed by atoms with Crippen LogP contribution in [-0.4, -0.2) is 11.7 Å². The predicted octanol–water partition coefficient (Wildman–Crippen LogP) is 3.27. The fourth-order valence-corrected chi connectivity index (χ4v) is 2.45. The van der Waals surface area contributed by atoms with Crippen molar-refractivity contribution in [1.29, 1.82) is 5.26 Å². The number of halogens is 1. The number of nitrogens with zero attached hydrogens (tertiary/aromatic N) is 1. The number of anilines is 1. The molecule has 100 valence electrons. The molecule has 5 heteroatoms. The summed E-state index contributed by atoms with van der Waals surface area (Å²) in [6, 6.07) is 14.2. The molecule has 0 saturated carbocycles. The Morgan fingerprint density at radius 2 is 2.10 bits per heavy atom. The molecule has 2 N–H and O–H groups in total. The maximum atomic E-state index is 9.59. The number of para-hydroxylation sites is 1. The summed E-state index contributed by atoms with van der Waals surface area (Å²) in [6.45, 7) is 0.160. The number of hydrogen-bond acceptors (Lipinski definition) is 4. The van der Waals surface area contributed by atoms with Gasteiger partial charge in [0.25, 0.3) is 0 Å². The molecule has 20 heavy (non-hydrogen) atoms. The van der Waals surface area contributed by atoms with Crippen molar-refractivity contribution in [3.8, 4) is 17.6 Å². The lowest BCUT2D eigenvalue weighted by atomic mass is 9.93. The van der Waals surface area contributed by atoms with Crippen molar-refractivity contribution in [3.05, 3.63) is 53.1 Å². The van der Waals surface area contributed by atoms with Crippen molar-refractivity contribution in [2.24, 2.45) is 0 Å². The van der Waals surface area contributed by atoms with Crippen molar-refractivity contribution in [3.63, 3.8) is 0 Å². The van der Waals surface area contributed by atoms with Gasteiger partial charge in [0.05, 0.1) is 16.8 Å². The van der Waals surface area contributed by atoms with E-state index in [-0.39, 0.29) is 12.4 Å². The molecule has 0 spiro atoms. The van der Waals surface area contributed by atoms with Crippen molar-refractivity contribution in [2.75, 3.05) is 11.9 Å². The molecule has 1 aliphatic rings. The van der Waals surface area contributed by atoms with Crippen LogP contribution >= 0.6 is 11.6 Å². The number of hydrogen-bond donors (Lipinski definition) is 2. The van der Waals surface area contributed by atoms with E-state index in [4.69, 9.17) is 16.3 Å². The molecule has 1 atom stereocenters. The second kappa shape index (κ2) is 4.62. The van der Waals surface area contributed by atoms with Crippen LogP contribution in [0.4, 0.5) is 5.69 Å². The first kappa shape index (κ1) is 12.6. The minimum absolute atomic E-state index is 0.107. The molecule has 0 aromatic heterocycles. The average molecular weight is 287 g/mol. The zero-order chi connectivity index (χ0) is 14.2. The number of rotatable bonds is 2. The van der Waals surface area contributed by atoms with E-state index in [1.54, 1.807) is 18.2 Å². The molecule has 4 nitrogen and oxygen atoms in total. The highest BCUT2D eigenvalue weighted by atomic mass is 35.5. The lowest BCUT2D eigenvalue weighted by molar-refractivity contribution is 0.313. The van der Waals surface area contributed by atoms with E-state index in [9.17, 15) is 10.4 Å². The van der Waals surface area contributed by atoms with E-state index in [1.165, 1.54) is 12.1 Å². The average Bonchev–Trinajstić information content (AvgIpc) is 2.80. The Kier molecular flexibility index (Phi) is 2.92. The third kappa shape index (κ3) is 1.93. The molecule has 0 radical (unpaired) electrons. The Morgan fingerprint density at radius 3 is 2.85 bits per heavy atom. The highest BCUT2D eigenvalue weighted by molar-refractivity contribution is 6.33. The minimum atomic E-state index is -1.01. The van der Waals surface area contributed by atoms with Crippen LogP contribution in [0.3, 0.4) is 0 Å². The van der Waals surface area contributed by atoms with E-state index >= 15 is 0 Å². The highest BCUT2D eigenvalue weighted by Crippen LogP contribution is 2.41. The second-order valence-corrected chi connectivity index (χ2v) is 5.00. The Balaban J connectivity index is 2.04. The standard InChI is InChI=1S/C15H11ClN2O2/c16-12-3-1-2-4-13(12)18-15(8-17)9-20-14-7-10(19)5-6-11(14)15/h1-7,18-19H,9H2. The summed E-state index contributed by atoms with van der Waals surface area (Å²) in [5.41, 5.74) is 0.353. The van der Waals surface area contributed by atoms with Crippen molar-refractivity contribution < 1.29 is 9.84 Å². The highest BCUT2D eigenvalue weighted by Gasteiger charge is 2.41. The van der Waals surface area contributed by atoms with E-state index in [2.05, 4.69) is 11.4 Å². The fourth-order valence-electron chi connectivity index (χ4n) is 2.26. The number of nitrogens with one attached hydrogen (secondary N) is 1. The van der Waals surface area contributed by atoms with Crippen LogP contribution in [0.2, 0.25) is 5.02 Å². The first-order valence-electron chi connectivity index (χ1n) is 6.05. The number of ether oxygens (including phenoxy) is 1. The maximum absolute atomic E-state index is 9.59. The predicted molar refractivity (Wildman–Crippen MR) is 76.0 cm³/mol. The summed E-state index contributed by atoms with van der Waals surface area (Å²) in [6.07, 6.45) is 0. The Morgan fingerprint density at radius 1 is 1.30 bits per heavy atom. The van der Waals surface area contributed by atoms with Crippen LogP contribution < -0.4 is 10.1 Å². The molecule has 2 aromatic rings. The molecular formula is C15H11ClN2O2. The minimum Gasteiger partial charge on any atom is -0.508 e. The fraction of sp³-hybridized carbons (Fsp3) is 0.133. The second-order valence-electron chi connectivity index (χ2n) is 4.59. The molecular weight excluding hydrogens is 276 g/mol. The summed E-state index contributed by atoms with van der Waals surface area (Å²) in [5.74, 6) is 0.612. The van der Waals surface area contributed by atoms with Gasteiger partial charge in [0.15, 0.2) is 5.54 Å². The molecule has 0 fully saturated rings. The molecule has 0 bridgehead atoms. The molecule has 1 aliphatic heterocycles. The lowest BCUT2D eigenvalue weighted by Gasteiger charge is -2.23. The van der Waals surface area contributed by atoms with Gasteiger partial charge in [0.1, 0.15) is 18.1 Å². The van der Waals surface area contributed by atoms with Gasteiger partial charge in [-0.25, -0.2) is 0 Å². The van der Waals surface area contributed by atoms with E-state index < -0.39 is 5.54 Å². The molecule has 3 rings (SSSR count). The Hall–Kier alpha value is -2.38. The molecule has 0 aliphatic carbocycles. The normalized spacial score (nSPS) is 19.8. The number of benzene rings is 2. The first-order valence-corrected chi connectivity index (χ1v) is 6.43. The van der Waals surface area contributed by atoms with E-state index in [1.807, 2.05) is 12.1 Å². The van der Waals surface area contributed by atoms with Gasteiger partial charge >= 0.3 is 0 Å². The van der Waals surface area contributed by atoms with Gasteiger partial charge < -0.3 is 15.2 Å². The van der Waals surface area contributed by atoms with Crippen molar-refractivity contribution >= 4 is 17.3 Å². The third-order valence-electron chi connectivity index (χ3n) is 3.28. The molecule has 0 amide bonds. The van der Waals surface area contributed by atoms with Crippen LogP contribution in [0.1, 0.15) is 5.56 Å². The van der Waals surface area contributed by atoms with Crippen molar-refractivity contribution in [1.82, 2.24) is 0 Å². The van der Waals surface area contributed by atoms with Crippen LogP contribution in [0.15, 0.2) is 42.5 Å². The Bertz CT molecular complexity index is 711. The summed E-state index contributed by atoms with van der Waals surface area (Å²) >= 11 is 6.12. The van der Waals surface area contributed by atoms with Gasteiger partial charge in [-0.3, -0.25) is 0 Å². The van der Waals surface area contributed by atoms with E-state index in [0.717, 1.165) is 0 Å². The van der Waals surface area contributed by atoms with Crippen LogP contribution in [0.5, 0.6) is 11.5 Å². The number of aromatic hydroxyl groups is 1. The monoisotopic (exact) mass is 286 g/mol. The number of phenols is 1. The zero-order valence-electron chi connectivity index (χ0n) is 10.4. The number of nitriles is 1. The van der Waals surface area contributed by atoms with E-state index in [0.29, 0.717) is 22.0 Å². The number of fused-ring (bicyclic) bond motifs is 1. The van der Waals surface area contributed by atoms with Gasteiger partial charge in [0.2, 0.25) is 0 Å². The molecule has 2 aromatic carbocycles. The summed E-state index contributed by atoms with van der Waals surface area (Å²) in [5, 5.41) is 22.7. The van der Waals surface area contributed by atoms with Gasteiger partial charge in [-0.1, -0.05) is 23.7 Å². The summed E-state index contributed by atoms with van der Waals surface area (Å²) < 4.78 is 5.51. The smallest absolute Gasteiger partial charge is 0.189 e. The van der Waals surface area contributed by atoms with Crippen LogP contribution in [0.25, 0.3) is 0 Å². The number of phenolic OH excluding ortho intramolecular Hbond substituents is 1.